The summed E-state index contributed by atoms with van der Waals surface area (Å²) in [4.78, 5) is 41.8. The van der Waals surface area contributed by atoms with E-state index in [0.717, 1.165) is 11.6 Å². The number of imide groups is 1. The van der Waals surface area contributed by atoms with E-state index in [1.165, 1.54) is 21.9 Å². The number of nitrogens with one attached hydrogen (secondary N) is 1. The highest BCUT2D eigenvalue weighted by atomic mass is 19.2. The molecule has 0 radical (unpaired) electrons. The molecule has 0 unspecified atom stereocenters. The molecule has 0 saturated carbocycles. The summed E-state index contributed by atoms with van der Waals surface area (Å²) < 4.78 is 38.4. The first-order chi connectivity index (χ1) is 16.8. The first kappa shape index (κ1) is 23.1. The summed E-state index contributed by atoms with van der Waals surface area (Å²) in [5.41, 5.74) is -0.650. The number of carbonyl (C=O) groups excluding carboxylic acids is 3. The van der Waals surface area contributed by atoms with Crippen molar-refractivity contribution in [1.29, 1.82) is 0 Å². The molecule has 1 atom stereocenters. The average Bonchev–Trinajstić information content (AvgIpc) is 3.43. The number of nitrogens with zero attached hydrogens (tertiary/aromatic N) is 2. The van der Waals surface area contributed by atoms with Crippen LogP contribution >= 0.6 is 0 Å². The maximum atomic E-state index is 14.1. The van der Waals surface area contributed by atoms with E-state index in [0.29, 0.717) is 30.8 Å². The van der Waals surface area contributed by atoms with Crippen molar-refractivity contribution in [3.05, 3.63) is 59.2 Å². The van der Waals surface area contributed by atoms with Crippen molar-refractivity contribution in [3.63, 3.8) is 0 Å². The van der Waals surface area contributed by atoms with Gasteiger partial charge in [-0.1, -0.05) is 19.1 Å². The number of halogens is 2. The van der Waals surface area contributed by atoms with Crippen molar-refractivity contribution < 1.29 is 32.6 Å². The van der Waals surface area contributed by atoms with Gasteiger partial charge in [-0.2, -0.15) is 0 Å². The summed E-state index contributed by atoms with van der Waals surface area (Å²) in [7, 11) is 0. The fourth-order valence-corrected chi connectivity index (χ4v) is 5.23. The van der Waals surface area contributed by atoms with Crippen LogP contribution in [0, 0.1) is 17.6 Å². The molecule has 35 heavy (non-hydrogen) atoms. The van der Waals surface area contributed by atoms with Crippen LogP contribution in [0.3, 0.4) is 0 Å². The van der Waals surface area contributed by atoms with Crippen LogP contribution in [-0.2, 0) is 11.3 Å². The van der Waals surface area contributed by atoms with E-state index in [4.69, 9.17) is 9.47 Å². The molecule has 2 saturated heterocycles. The quantitative estimate of drug-likeness (QED) is 0.656. The van der Waals surface area contributed by atoms with Gasteiger partial charge in [0.2, 0.25) is 6.79 Å². The number of hydrogen-bond acceptors (Lipinski definition) is 5. The van der Waals surface area contributed by atoms with Crippen LogP contribution < -0.4 is 14.8 Å². The number of piperidine rings is 1. The van der Waals surface area contributed by atoms with Crippen molar-refractivity contribution in [1.82, 2.24) is 15.1 Å². The summed E-state index contributed by atoms with van der Waals surface area (Å²) in [6, 6.07) is 8.35. The molecule has 1 N–H and O–H groups in total. The number of benzene rings is 2. The Kier molecular flexibility index (Phi) is 5.82. The molecule has 2 fully saturated rings. The molecule has 10 heteroatoms. The summed E-state index contributed by atoms with van der Waals surface area (Å²) in [5.74, 6) is -2.14. The van der Waals surface area contributed by atoms with Crippen molar-refractivity contribution in [2.75, 3.05) is 19.9 Å². The lowest BCUT2D eigenvalue weighted by atomic mass is 9.75. The molecule has 0 aliphatic carbocycles. The van der Waals surface area contributed by atoms with Crippen molar-refractivity contribution in [2.24, 2.45) is 5.92 Å². The zero-order chi connectivity index (χ0) is 24.7. The van der Waals surface area contributed by atoms with Gasteiger partial charge in [-0.25, -0.2) is 13.6 Å². The van der Waals surface area contributed by atoms with Crippen molar-refractivity contribution >= 4 is 17.8 Å². The first-order valence-corrected chi connectivity index (χ1v) is 11.6. The molecular formula is C25H25F2N3O5. The lowest BCUT2D eigenvalue weighted by Gasteiger charge is -2.40. The van der Waals surface area contributed by atoms with Gasteiger partial charge in [-0.05, 0) is 55.0 Å². The summed E-state index contributed by atoms with van der Waals surface area (Å²) >= 11 is 0. The highest BCUT2D eigenvalue weighted by Gasteiger charge is 2.55. The number of rotatable bonds is 5. The predicted octanol–water partition coefficient (Wildman–Crippen LogP) is 3.45. The Morgan fingerprint density at radius 1 is 1.11 bits per heavy atom. The van der Waals surface area contributed by atoms with E-state index >= 15 is 0 Å². The molecular weight excluding hydrogens is 460 g/mol. The van der Waals surface area contributed by atoms with Gasteiger partial charge in [0.1, 0.15) is 5.54 Å². The Balaban J connectivity index is 1.28. The number of carbonyl (C=O) groups is 3. The van der Waals surface area contributed by atoms with Crippen molar-refractivity contribution in [3.8, 4) is 11.5 Å². The molecule has 0 aromatic heterocycles. The Morgan fingerprint density at radius 3 is 2.60 bits per heavy atom. The van der Waals surface area contributed by atoms with Gasteiger partial charge in [0.25, 0.3) is 11.8 Å². The number of fused-ring (bicyclic) bond motifs is 1. The van der Waals surface area contributed by atoms with E-state index in [9.17, 15) is 23.2 Å². The van der Waals surface area contributed by atoms with Gasteiger partial charge < -0.3 is 19.7 Å². The second-order valence-corrected chi connectivity index (χ2v) is 9.00. The minimum atomic E-state index is -1.16. The Labute approximate surface area is 200 Å². The van der Waals surface area contributed by atoms with E-state index < -0.39 is 29.1 Å². The second-order valence-electron chi connectivity index (χ2n) is 9.00. The molecule has 3 heterocycles. The number of ether oxygens (including phenoxy) is 2. The number of likely N-dealkylation sites (tertiary alicyclic amines) is 1. The summed E-state index contributed by atoms with van der Waals surface area (Å²) in [5, 5.41) is 2.92. The van der Waals surface area contributed by atoms with Gasteiger partial charge in [-0.15, -0.1) is 0 Å². The SMILES string of the molecule is CC[C@]1(C2CCN(C(=O)c3cccc(F)c3F)CC2)NC(=O)N(Cc2ccc3c(c2)OCO3)C1=O. The lowest BCUT2D eigenvalue weighted by Crippen LogP contribution is -2.56. The summed E-state index contributed by atoms with van der Waals surface area (Å²) in [6.45, 7) is 2.62. The maximum absolute atomic E-state index is 14.1. The monoisotopic (exact) mass is 485 g/mol. The van der Waals surface area contributed by atoms with E-state index in [1.807, 2.05) is 6.92 Å². The van der Waals surface area contributed by atoms with E-state index in [1.54, 1.807) is 18.2 Å². The lowest BCUT2D eigenvalue weighted by molar-refractivity contribution is -0.134. The molecule has 5 rings (SSSR count). The second kappa shape index (κ2) is 8.83. The normalized spacial score (nSPS) is 22.0. The highest BCUT2D eigenvalue weighted by Crippen LogP contribution is 2.38. The van der Waals surface area contributed by atoms with Gasteiger partial charge in [0, 0.05) is 13.1 Å². The maximum Gasteiger partial charge on any atom is 0.325 e. The Bertz CT molecular complexity index is 1200. The zero-order valence-electron chi connectivity index (χ0n) is 19.2. The standard InChI is InChI=1S/C25H25F2N3O5/c1-2-25(16-8-10-29(11-9-16)22(31)17-4-3-5-18(26)21(17)27)23(32)30(24(33)28-25)13-15-6-7-19-20(12-15)35-14-34-19/h3-7,12,16H,2,8-11,13-14H2,1H3,(H,28,33)/t25-/m1/s1. The minimum absolute atomic E-state index is 0.0965. The fourth-order valence-electron chi connectivity index (χ4n) is 5.23. The molecule has 2 aromatic carbocycles. The van der Waals surface area contributed by atoms with Crippen LogP contribution in [0.5, 0.6) is 11.5 Å². The Hall–Kier alpha value is -3.69. The number of hydrogen-bond donors (Lipinski definition) is 1. The predicted molar refractivity (Wildman–Crippen MR) is 120 cm³/mol. The molecule has 3 aliphatic rings. The van der Waals surface area contributed by atoms with Crippen LogP contribution in [0.4, 0.5) is 13.6 Å². The third-order valence-corrected chi connectivity index (χ3v) is 7.20. The molecule has 0 bridgehead atoms. The van der Waals surface area contributed by atoms with Crippen LogP contribution in [0.25, 0.3) is 0 Å². The molecule has 2 aromatic rings. The largest absolute Gasteiger partial charge is 0.454 e. The highest BCUT2D eigenvalue weighted by molar-refractivity contribution is 6.07. The number of amides is 4. The van der Waals surface area contributed by atoms with Gasteiger partial charge in [0.05, 0.1) is 12.1 Å². The Morgan fingerprint density at radius 2 is 1.86 bits per heavy atom. The van der Waals surface area contributed by atoms with Gasteiger partial charge in [0.15, 0.2) is 23.1 Å². The summed E-state index contributed by atoms with van der Waals surface area (Å²) in [6.07, 6.45) is 1.28. The molecule has 8 nitrogen and oxygen atoms in total. The van der Waals surface area contributed by atoms with Crippen LogP contribution in [0.1, 0.15) is 42.1 Å². The molecule has 4 amide bonds. The van der Waals surface area contributed by atoms with Crippen LogP contribution in [0.2, 0.25) is 0 Å². The zero-order valence-corrected chi connectivity index (χ0v) is 19.2. The van der Waals surface area contributed by atoms with E-state index in [-0.39, 0.29) is 43.8 Å². The van der Waals surface area contributed by atoms with Gasteiger partial charge >= 0.3 is 6.03 Å². The number of urea groups is 1. The topological polar surface area (TPSA) is 88.2 Å². The smallest absolute Gasteiger partial charge is 0.325 e. The van der Waals surface area contributed by atoms with E-state index in [2.05, 4.69) is 5.32 Å². The molecule has 0 spiro atoms. The third-order valence-electron chi connectivity index (χ3n) is 7.20. The first-order valence-electron chi connectivity index (χ1n) is 11.6. The fraction of sp³-hybridized carbons (Fsp3) is 0.400. The van der Waals surface area contributed by atoms with Crippen LogP contribution in [0.15, 0.2) is 36.4 Å². The average molecular weight is 485 g/mol. The molecule has 3 aliphatic heterocycles. The minimum Gasteiger partial charge on any atom is -0.454 e. The molecule has 184 valence electrons. The van der Waals surface area contributed by atoms with Crippen molar-refractivity contribution in [2.45, 2.75) is 38.3 Å². The van der Waals surface area contributed by atoms with Gasteiger partial charge in [-0.3, -0.25) is 14.5 Å². The third kappa shape index (κ3) is 3.86. The van der Waals surface area contributed by atoms with Crippen LogP contribution in [-0.4, -0.2) is 53.1 Å².